The van der Waals surface area contributed by atoms with Crippen LogP contribution < -0.4 is 16.0 Å². The number of hydrogen-bond acceptors (Lipinski definition) is 3. The van der Waals surface area contributed by atoms with Crippen molar-refractivity contribution in [2.75, 3.05) is 23.3 Å². The molecular weight excluding hydrogens is 455 g/mol. The molecule has 3 aromatic carbocycles. The van der Waals surface area contributed by atoms with Crippen LogP contribution in [0.5, 0.6) is 0 Å². The van der Waals surface area contributed by atoms with Crippen LogP contribution in [-0.2, 0) is 16.0 Å². The molecule has 1 fully saturated rings. The molecule has 1 aliphatic rings. The molecule has 2 heterocycles. The van der Waals surface area contributed by atoms with Crippen LogP contribution in [0, 0.1) is 11.7 Å². The maximum atomic E-state index is 13.5. The van der Waals surface area contributed by atoms with Gasteiger partial charge in [-0.3, -0.25) is 9.59 Å². The first kappa shape index (κ1) is 23.6. The number of aryl methyl sites for hydroxylation is 1. The normalized spacial score (nSPS) is 14.2. The highest BCUT2D eigenvalue weighted by molar-refractivity contribution is 5.94. The molecule has 0 atom stereocenters. The van der Waals surface area contributed by atoms with Gasteiger partial charge in [0, 0.05) is 53.4 Å². The van der Waals surface area contributed by atoms with E-state index in [1.54, 1.807) is 12.1 Å². The average molecular weight is 485 g/mol. The molecule has 0 radical (unpaired) electrons. The molecule has 0 spiro atoms. The second-order valence-corrected chi connectivity index (χ2v) is 9.29. The highest BCUT2D eigenvalue weighted by Gasteiger charge is 2.23. The third-order valence-electron chi connectivity index (χ3n) is 6.96. The van der Waals surface area contributed by atoms with Crippen LogP contribution in [0.3, 0.4) is 0 Å². The summed E-state index contributed by atoms with van der Waals surface area (Å²) in [6.45, 7) is 1.58. The molecule has 0 bridgehead atoms. The lowest BCUT2D eigenvalue weighted by atomic mass is 9.96. The number of fused-ring (bicyclic) bond motifs is 1. The second-order valence-electron chi connectivity index (χ2n) is 9.29. The van der Waals surface area contributed by atoms with Crippen LogP contribution in [0.1, 0.15) is 24.8 Å². The van der Waals surface area contributed by atoms with Crippen molar-refractivity contribution in [1.82, 2.24) is 4.98 Å². The molecule has 7 heteroatoms. The minimum atomic E-state index is -0.281. The first-order chi connectivity index (χ1) is 17.5. The standard InChI is InChI=1S/C29H29FN4O2/c30-21-7-5-19(6-8-21)28-25(24-3-1-2-4-26(24)33-28)13-14-27(35)32-22-9-11-23(12-10-22)34-17-15-20(16-18-34)29(31)36/h1-12,20,33H,13-18H2,(H2,31,36)(H,32,35). The van der Waals surface area contributed by atoms with Crippen LogP contribution >= 0.6 is 0 Å². The Morgan fingerprint density at radius 2 is 1.67 bits per heavy atom. The highest BCUT2D eigenvalue weighted by atomic mass is 19.1. The number of nitrogens with two attached hydrogens (primary N) is 1. The van der Waals surface area contributed by atoms with E-state index in [4.69, 9.17) is 5.73 Å². The summed E-state index contributed by atoms with van der Waals surface area (Å²) >= 11 is 0. The van der Waals surface area contributed by atoms with Crippen molar-refractivity contribution in [3.05, 3.63) is 84.2 Å². The summed E-state index contributed by atoms with van der Waals surface area (Å²) in [5.74, 6) is -0.608. The van der Waals surface area contributed by atoms with E-state index in [1.807, 2.05) is 48.5 Å². The maximum Gasteiger partial charge on any atom is 0.224 e. The predicted octanol–water partition coefficient (Wildman–Crippen LogP) is 5.25. The number of aromatic amines is 1. The third-order valence-corrected chi connectivity index (χ3v) is 6.96. The average Bonchev–Trinajstić information content (AvgIpc) is 3.27. The fraction of sp³-hybridized carbons (Fsp3) is 0.241. The van der Waals surface area contributed by atoms with Crippen molar-refractivity contribution in [1.29, 1.82) is 0 Å². The van der Waals surface area contributed by atoms with Crippen molar-refractivity contribution >= 4 is 34.1 Å². The van der Waals surface area contributed by atoms with Gasteiger partial charge in [0.2, 0.25) is 11.8 Å². The van der Waals surface area contributed by atoms with Gasteiger partial charge in [0.1, 0.15) is 5.82 Å². The molecule has 4 aromatic rings. The minimum absolute atomic E-state index is 0.0412. The van der Waals surface area contributed by atoms with E-state index in [-0.39, 0.29) is 23.5 Å². The number of piperidine rings is 1. The van der Waals surface area contributed by atoms with Gasteiger partial charge < -0.3 is 20.9 Å². The SMILES string of the molecule is NC(=O)C1CCN(c2ccc(NC(=O)CCc3c(-c4ccc(F)cc4)[nH]c4ccccc34)cc2)CC1. The van der Waals surface area contributed by atoms with Crippen molar-refractivity contribution < 1.29 is 14.0 Å². The van der Waals surface area contributed by atoms with Crippen LogP contribution in [0.2, 0.25) is 0 Å². The number of hydrogen-bond donors (Lipinski definition) is 3. The van der Waals surface area contributed by atoms with Crippen LogP contribution in [0.4, 0.5) is 15.8 Å². The molecule has 0 aliphatic carbocycles. The summed E-state index contributed by atoms with van der Waals surface area (Å²) in [5, 5.41) is 4.06. The van der Waals surface area contributed by atoms with Crippen LogP contribution in [0.25, 0.3) is 22.2 Å². The molecule has 36 heavy (non-hydrogen) atoms. The van der Waals surface area contributed by atoms with Gasteiger partial charge in [-0.15, -0.1) is 0 Å². The monoisotopic (exact) mass is 484 g/mol. The van der Waals surface area contributed by atoms with Crippen LogP contribution in [-0.4, -0.2) is 29.9 Å². The fourth-order valence-electron chi connectivity index (χ4n) is 4.96. The van der Waals surface area contributed by atoms with E-state index in [1.165, 1.54) is 12.1 Å². The number of nitrogens with zero attached hydrogens (tertiary/aromatic N) is 1. The summed E-state index contributed by atoms with van der Waals surface area (Å²) in [4.78, 5) is 29.9. The van der Waals surface area contributed by atoms with E-state index >= 15 is 0 Å². The van der Waals surface area contributed by atoms with Crippen molar-refractivity contribution in [2.45, 2.75) is 25.7 Å². The first-order valence-corrected chi connectivity index (χ1v) is 12.3. The first-order valence-electron chi connectivity index (χ1n) is 12.3. The van der Waals surface area contributed by atoms with Crippen LogP contribution in [0.15, 0.2) is 72.8 Å². The minimum Gasteiger partial charge on any atom is -0.371 e. The van der Waals surface area contributed by atoms with Gasteiger partial charge in [0.15, 0.2) is 0 Å². The zero-order chi connectivity index (χ0) is 25.1. The van der Waals surface area contributed by atoms with Gasteiger partial charge in [0.05, 0.1) is 0 Å². The number of para-hydroxylation sites is 1. The number of primary amides is 1. The van der Waals surface area contributed by atoms with Crippen molar-refractivity contribution in [3.8, 4) is 11.3 Å². The number of benzene rings is 3. The number of carbonyl (C=O) groups excluding carboxylic acids is 2. The Morgan fingerprint density at radius 1 is 0.972 bits per heavy atom. The number of anilines is 2. The van der Waals surface area contributed by atoms with E-state index < -0.39 is 0 Å². The lowest BCUT2D eigenvalue weighted by Gasteiger charge is -2.32. The van der Waals surface area contributed by atoms with E-state index in [0.29, 0.717) is 12.8 Å². The Hall–Kier alpha value is -4.13. The maximum absolute atomic E-state index is 13.5. The lowest BCUT2D eigenvalue weighted by Crippen LogP contribution is -2.38. The third kappa shape index (κ3) is 5.10. The van der Waals surface area contributed by atoms with Gasteiger partial charge in [-0.25, -0.2) is 4.39 Å². The Labute approximate surface area is 209 Å². The van der Waals surface area contributed by atoms with Crippen molar-refractivity contribution in [3.63, 3.8) is 0 Å². The predicted molar refractivity (Wildman–Crippen MR) is 141 cm³/mol. The summed E-state index contributed by atoms with van der Waals surface area (Å²) in [5.41, 5.74) is 11.1. The fourth-order valence-corrected chi connectivity index (χ4v) is 4.96. The van der Waals surface area contributed by atoms with Gasteiger partial charge >= 0.3 is 0 Å². The van der Waals surface area contributed by atoms with E-state index in [0.717, 1.165) is 65.0 Å². The summed E-state index contributed by atoms with van der Waals surface area (Å²) < 4.78 is 13.5. The Kier molecular flexibility index (Phi) is 6.71. The van der Waals surface area contributed by atoms with Crippen molar-refractivity contribution in [2.24, 2.45) is 11.7 Å². The molecule has 5 rings (SSSR count). The van der Waals surface area contributed by atoms with Gasteiger partial charge in [0.25, 0.3) is 0 Å². The lowest BCUT2D eigenvalue weighted by molar-refractivity contribution is -0.122. The molecule has 0 saturated carbocycles. The summed E-state index contributed by atoms with van der Waals surface area (Å²) in [6.07, 6.45) is 2.40. The molecular formula is C29H29FN4O2. The summed E-state index contributed by atoms with van der Waals surface area (Å²) in [6, 6.07) is 22.2. The molecule has 2 amide bonds. The molecule has 1 aromatic heterocycles. The molecule has 0 unspecified atom stereocenters. The molecule has 4 N–H and O–H groups in total. The number of rotatable bonds is 7. The van der Waals surface area contributed by atoms with E-state index in [9.17, 15) is 14.0 Å². The van der Waals surface area contributed by atoms with E-state index in [2.05, 4.69) is 15.2 Å². The zero-order valence-electron chi connectivity index (χ0n) is 20.0. The number of carbonyl (C=O) groups is 2. The van der Waals surface area contributed by atoms with Gasteiger partial charge in [-0.1, -0.05) is 18.2 Å². The number of aromatic nitrogens is 1. The highest BCUT2D eigenvalue weighted by Crippen LogP contribution is 2.32. The molecule has 6 nitrogen and oxygen atoms in total. The molecule has 184 valence electrons. The number of halogens is 1. The molecule has 1 aliphatic heterocycles. The Balaban J connectivity index is 1.24. The second kappa shape index (κ2) is 10.2. The topological polar surface area (TPSA) is 91.2 Å². The Morgan fingerprint density at radius 3 is 2.36 bits per heavy atom. The Bertz CT molecular complexity index is 1370. The quantitative estimate of drug-likeness (QED) is 0.335. The smallest absolute Gasteiger partial charge is 0.224 e. The molecule has 1 saturated heterocycles. The number of H-pyrrole nitrogens is 1. The zero-order valence-corrected chi connectivity index (χ0v) is 20.0. The summed E-state index contributed by atoms with van der Waals surface area (Å²) in [7, 11) is 0. The van der Waals surface area contributed by atoms with Gasteiger partial charge in [-0.05, 0) is 85.0 Å². The number of amides is 2. The number of nitrogens with one attached hydrogen (secondary N) is 2. The van der Waals surface area contributed by atoms with Gasteiger partial charge in [-0.2, -0.15) is 0 Å². The largest absolute Gasteiger partial charge is 0.371 e.